The van der Waals surface area contributed by atoms with Gasteiger partial charge in [0.15, 0.2) is 5.16 Å². The maximum atomic E-state index is 13.4. The molecule has 134 valence electrons. The Hall–Kier alpha value is -2.40. The van der Waals surface area contributed by atoms with Crippen LogP contribution in [-0.2, 0) is 5.75 Å². The van der Waals surface area contributed by atoms with Gasteiger partial charge in [-0.2, -0.15) is 4.98 Å². The van der Waals surface area contributed by atoms with E-state index >= 15 is 0 Å². The van der Waals surface area contributed by atoms with E-state index < -0.39 is 0 Å². The van der Waals surface area contributed by atoms with Crippen LogP contribution < -0.4 is 4.74 Å². The molecule has 0 saturated heterocycles. The van der Waals surface area contributed by atoms with Gasteiger partial charge in [-0.25, -0.2) is 9.37 Å². The number of thioether (sulfide) groups is 1. The minimum absolute atomic E-state index is 0.242. The van der Waals surface area contributed by atoms with Gasteiger partial charge >= 0.3 is 0 Å². The first kappa shape index (κ1) is 18.4. The van der Waals surface area contributed by atoms with E-state index in [2.05, 4.69) is 55.0 Å². The quantitative estimate of drug-likeness (QED) is 0.387. The molecule has 0 spiro atoms. The Morgan fingerprint density at radius 3 is 2.50 bits per heavy atom. The number of aryl methyl sites for hydroxylation is 1. The predicted molar refractivity (Wildman–Crippen MR) is 103 cm³/mol. The number of hydrogen-bond donors (Lipinski definition) is 0. The molecular formula is C21H21FN2OS. The largest absolute Gasteiger partial charge is 0.439 e. The number of nitrogens with zero attached hydrogens (tertiary/aromatic N) is 2. The van der Waals surface area contributed by atoms with Crippen molar-refractivity contribution in [2.75, 3.05) is 0 Å². The first-order valence-electron chi connectivity index (χ1n) is 8.50. The van der Waals surface area contributed by atoms with Gasteiger partial charge < -0.3 is 4.74 Å². The van der Waals surface area contributed by atoms with E-state index in [9.17, 15) is 4.39 Å². The Kier molecular flexibility index (Phi) is 5.89. The third-order valence-corrected chi connectivity index (χ3v) is 4.72. The van der Waals surface area contributed by atoms with Crippen molar-refractivity contribution in [3.05, 3.63) is 77.2 Å². The molecule has 1 aromatic heterocycles. The zero-order valence-electron chi connectivity index (χ0n) is 15.1. The first-order chi connectivity index (χ1) is 12.5. The lowest BCUT2D eigenvalue weighted by Crippen LogP contribution is -2.00. The number of ether oxygens (including phenoxy) is 1. The average molecular weight is 368 g/mol. The summed E-state index contributed by atoms with van der Waals surface area (Å²) in [5, 5.41) is 0.656. The Morgan fingerprint density at radius 1 is 1.04 bits per heavy atom. The molecule has 26 heavy (non-hydrogen) atoms. The van der Waals surface area contributed by atoms with Gasteiger partial charge in [0.2, 0.25) is 5.88 Å². The second kappa shape index (κ2) is 8.32. The third kappa shape index (κ3) is 5.05. The highest BCUT2D eigenvalue weighted by Crippen LogP contribution is 2.27. The molecule has 5 heteroatoms. The second-order valence-corrected chi connectivity index (χ2v) is 7.34. The van der Waals surface area contributed by atoms with Crippen molar-refractivity contribution in [3.8, 4) is 11.6 Å². The normalized spacial score (nSPS) is 11.0. The highest BCUT2D eigenvalue weighted by Gasteiger charge is 2.11. The fourth-order valence-electron chi connectivity index (χ4n) is 2.32. The van der Waals surface area contributed by atoms with E-state index in [-0.39, 0.29) is 11.7 Å². The molecule has 3 aromatic rings. The Labute approximate surface area is 157 Å². The molecule has 0 aliphatic heterocycles. The van der Waals surface area contributed by atoms with E-state index in [0.717, 1.165) is 11.4 Å². The minimum atomic E-state index is -0.338. The van der Waals surface area contributed by atoms with Crippen molar-refractivity contribution in [1.29, 1.82) is 0 Å². The SMILES string of the molecule is Cc1ccc(CSc2nc(Oc3cccc(F)c3)cc(C(C)C)n2)cc1. The van der Waals surface area contributed by atoms with Crippen LogP contribution >= 0.6 is 11.8 Å². The van der Waals surface area contributed by atoms with Gasteiger partial charge in [0.1, 0.15) is 11.6 Å². The third-order valence-electron chi connectivity index (χ3n) is 3.80. The molecule has 0 amide bonds. The molecule has 0 saturated carbocycles. The molecule has 0 aliphatic rings. The average Bonchev–Trinajstić information content (AvgIpc) is 2.61. The van der Waals surface area contributed by atoms with Crippen molar-refractivity contribution in [2.24, 2.45) is 0 Å². The summed E-state index contributed by atoms with van der Waals surface area (Å²) < 4.78 is 19.1. The number of aromatic nitrogens is 2. The molecular weight excluding hydrogens is 347 g/mol. The fourth-order valence-corrected chi connectivity index (χ4v) is 3.13. The maximum Gasteiger partial charge on any atom is 0.223 e. The van der Waals surface area contributed by atoms with E-state index in [1.54, 1.807) is 23.9 Å². The molecule has 0 radical (unpaired) electrons. The predicted octanol–water partition coefficient (Wildman–Crippen LogP) is 6.13. The summed E-state index contributed by atoms with van der Waals surface area (Å²) in [5.74, 6) is 1.54. The lowest BCUT2D eigenvalue weighted by Gasteiger charge is -2.11. The van der Waals surface area contributed by atoms with E-state index in [4.69, 9.17) is 4.74 Å². The topological polar surface area (TPSA) is 35.0 Å². The molecule has 3 rings (SSSR count). The van der Waals surface area contributed by atoms with Gasteiger partial charge in [0.05, 0.1) is 5.69 Å². The van der Waals surface area contributed by atoms with Gasteiger partial charge in [-0.05, 0) is 30.5 Å². The summed E-state index contributed by atoms with van der Waals surface area (Å²) in [6.45, 7) is 6.22. The van der Waals surface area contributed by atoms with Gasteiger partial charge in [0, 0.05) is 17.9 Å². The zero-order valence-corrected chi connectivity index (χ0v) is 15.9. The highest BCUT2D eigenvalue weighted by molar-refractivity contribution is 7.98. The van der Waals surface area contributed by atoms with Crippen LogP contribution in [0.5, 0.6) is 11.6 Å². The standard InChI is InChI=1S/C21H21FN2OS/c1-14(2)19-12-20(25-18-6-4-5-17(22)11-18)24-21(23-19)26-13-16-9-7-15(3)8-10-16/h4-12,14H,13H2,1-3H3. The molecule has 0 fully saturated rings. The Balaban J connectivity index is 1.80. The fraction of sp³-hybridized carbons (Fsp3) is 0.238. The van der Waals surface area contributed by atoms with Crippen LogP contribution in [0.25, 0.3) is 0 Å². The van der Waals surface area contributed by atoms with Crippen molar-refractivity contribution >= 4 is 11.8 Å². The molecule has 0 atom stereocenters. The van der Waals surface area contributed by atoms with Crippen molar-refractivity contribution in [2.45, 2.75) is 37.6 Å². The van der Waals surface area contributed by atoms with Crippen LogP contribution in [0, 0.1) is 12.7 Å². The molecule has 0 N–H and O–H groups in total. The van der Waals surface area contributed by atoms with Gasteiger partial charge in [0.25, 0.3) is 0 Å². The second-order valence-electron chi connectivity index (χ2n) is 6.40. The summed E-state index contributed by atoms with van der Waals surface area (Å²) in [6.07, 6.45) is 0. The van der Waals surface area contributed by atoms with Gasteiger partial charge in [-0.15, -0.1) is 0 Å². The van der Waals surface area contributed by atoms with Crippen LogP contribution in [0.2, 0.25) is 0 Å². The summed E-state index contributed by atoms with van der Waals surface area (Å²) in [4.78, 5) is 9.10. The van der Waals surface area contributed by atoms with Crippen LogP contribution in [-0.4, -0.2) is 9.97 Å². The smallest absolute Gasteiger partial charge is 0.223 e. The number of halogens is 1. The summed E-state index contributed by atoms with van der Waals surface area (Å²) in [7, 11) is 0. The first-order valence-corrected chi connectivity index (χ1v) is 9.49. The molecule has 0 bridgehead atoms. The van der Waals surface area contributed by atoms with Crippen molar-refractivity contribution < 1.29 is 9.13 Å². The monoisotopic (exact) mass is 368 g/mol. The summed E-state index contributed by atoms with van der Waals surface area (Å²) in [5.41, 5.74) is 3.35. The molecule has 0 aliphatic carbocycles. The summed E-state index contributed by atoms with van der Waals surface area (Å²) in [6, 6.07) is 16.3. The van der Waals surface area contributed by atoms with E-state index in [1.807, 2.05) is 6.07 Å². The highest BCUT2D eigenvalue weighted by atomic mass is 32.2. The molecule has 3 nitrogen and oxygen atoms in total. The molecule has 0 unspecified atom stereocenters. The number of benzene rings is 2. The Bertz CT molecular complexity index is 881. The van der Waals surface area contributed by atoms with E-state index in [1.165, 1.54) is 23.3 Å². The van der Waals surface area contributed by atoms with Crippen LogP contribution in [0.4, 0.5) is 4.39 Å². The molecule has 1 heterocycles. The maximum absolute atomic E-state index is 13.4. The Morgan fingerprint density at radius 2 is 1.81 bits per heavy atom. The van der Waals surface area contributed by atoms with E-state index in [0.29, 0.717) is 16.8 Å². The minimum Gasteiger partial charge on any atom is -0.439 e. The van der Waals surface area contributed by atoms with Crippen LogP contribution in [0.15, 0.2) is 59.8 Å². The lowest BCUT2D eigenvalue weighted by molar-refractivity contribution is 0.448. The van der Waals surface area contributed by atoms with Crippen LogP contribution in [0.3, 0.4) is 0 Å². The number of rotatable bonds is 6. The van der Waals surface area contributed by atoms with Gasteiger partial charge in [-0.1, -0.05) is 61.5 Å². The lowest BCUT2D eigenvalue weighted by atomic mass is 10.1. The van der Waals surface area contributed by atoms with Crippen molar-refractivity contribution in [3.63, 3.8) is 0 Å². The number of hydrogen-bond acceptors (Lipinski definition) is 4. The van der Waals surface area contributed by atoms with Gasteiger partial charge in [-0.3, -0.25) is 0 Å². The summed E-state index contributed by atoms with van der Waals surface area (Å²) >= 11 is 1.56. The zero-order chi connectivity index (χ0) is 18.5. The van der Waals surface area contributed by atoms with Crippen LogP contribution in [0.1, 0.15) is 36.6 Å². The van der Waals surface area contributed by atoms with Crippen molar-refractivity contribution in [1.82, 2.24) is 9.97 Å². The molecule has 2 aromatic carbocycles.